The van der Waals surface area contributed by atoms with E-state index in [-0.39, 0.29) is 24.3 Å². The van der Waals surface area contributed by atoms with E-state index in [1.165, 1.54) is 25.7 Å². The molecule has 3 aliphatic rings. The van der Waals surface area contributed by atoms with Crippen molar-refractivity contribution in [3.05, 3.63) is 0 Å². The molecule has 3 saturated carbocycles. The maximum atomic E-state index is 13.9. The number of hydrogen-bond donors (Lipinski definition) is 4. The molecule has 0 heterocycles. The lowest BCUT2D eigenvalue weighted by Crippen LogP contribution is -2.54. The third-order valence-corrected chi connectivity index (χ3v) is 10.6. The third-order valence-electron chi connectivity index (χ3n) is 10.6. The van der Waals surface area contributed by atoms with Gasteiger partial charge < -0.3 is 21.1 Å². The van der Waals surface area contributed by atoms with Crippen molar-refractivity contribution in [1.29, 1.82) is 0 Å². The molecule has 3 rings (SSSR count). The molecular weight excluding hydrogens is 582 g/mol. The Morgan fingerprint density at radius 1 is 0.761 bits per heavy atom. The summed E-state index contributed by atoms with van der Waals surface area (Å²) < 4.78 is 0. The van der Waals surface area contributed by atoms with Crippen molar-refractivity contribution in [1.82, 2.24) is 20.7 Å². The predicted molar refractivity (Wildman–Crippen MR) is 181 cm³/mol. The fraction of sp³-hybridized carbons (Fsp3) is 0.889. The molecule has 3 fully saturated rings. The minimum Gasteiger partial charge on any atom is -0.390 e. The molecule has 5 atom stereocenters. The lowest BCUT2D eigenvalue weighted by Gasteiger charge is -2.37. The van der Waals surface area contributed by atoms with E-state index in [0.29, 0.717) is 63.6 Å². The second kappa shape index (κ2) is 20.2. The van der Waals surface area contributed by atoms with Crippen molar-refractivity contribution in [3.63, 3.8) is 0 Å². The van der Waals surface area contributed by atoms with Crippen molar-refractivity contribution in [2.24, 2.45) is 35.3 Å². The average Bonchev–Trinajstić information content (AvgIpc) is 3.04. The van der Waals surface area contributed by atoms with Crippen LogP contribution in [-0.4, -0.2) is 77.0 Å². The standard InChI is InChI=1S/C36H65N5O5/c1-4-17-40(18-5-2)36(46)30-23-28(34(37)44)22-29(24-30)35(45)38-31(20-26-13-9-7-10-14-26)32(42)25-41(19-6-3)39-33(43)21-27-15-11-8-12-16-27/h26-32,42H,4-25H2,1-3H3,(H2,37,44)(H,38,45)(H,39,43). The molecule has 4 amide bonds. The molecule has 0 aromatic rings. The summed E-state index contributed by atoms with van der Waals surface area (Å²) in [6.07, 6.45) is 15.3. The van der Waals surface area contributed by atoms with Crippen LogP contribution in [0.1, 0.15) is 136 Å². The molecule has 0 spiro atoms. The van der Waals surface area contributed by atoms with Gasteiger partial charge in [-0.2, -0.15) is 0 Å². The van der Waals surface area contributed by atoms with Crippen LogP contribution in [0.3, 0.4) is 0 Å². The fourth-order valence-electron chi connectivity index (χ4n) is 8.18. The second-order valence-electron chi connectivity index (χ2n) is 14.6. The first-order chi connectivity index (χ1) is 22.1. The first kappa shape index (κ1) is 38.2. The number of carbonyl (C=O) groups excluding carboxylic acids is 4. The number of aliphatic hydroxyl groups is 1. The Balaban J connectivity index is 1.71. The summed E-state index contributed by atoms with van der Waals surface area (Å²) in [4.78, 5) is 54.7. The molecule has 0 aromatic heterocycles. The van der Waals surface area contributed by atoms with Gasteiger partial charge in [0.2, 0.25) is 23.6 Å². The lowest BCUT2D eigenvalue weighted by atomic mass is 9.73. The van der Waals surface area contributed by atoms with Crippen molar-refractivity contribution in [2.75, 3.05) is 26.2 Å². The molecule has 5 N–H and O–H groups in total. The fourth-order valence-corrected chi connectivity index (χ4v) is 8.18. The highest BCUT2D eigenvalue weighted by Gasteiger charge is 2.40. The van der Waals surface area contributed by atoms with Crippen LogP contribution in [-0.2, 0) is 19.2 Å². The van der Waals surface area contributed by atoms with Crippen LogP contribution in [0, 0.1) is 29.6 Å². The second-order valence-corrected chi connectivity index (χ2v) is 14.6. The van der Waals surface area contributed by atoms with Crippen molar-refractivity contribution in [2.45, 2.75) is 148 Å². The molecule has 3 aliphatic carbocycles. The van der Waals surface area contributed by atoms with Crippen LogP contribution in [0.5, 0.6) is 0 Å². The summed E-state index contributed by atoms with van der Waals surface area (Å²) in [6.45, 7) is 8.27. The van der Waals surface area contributed by atoms with Gasteiger partial charge >= 0.3 is 0 Å². The van der Waals surface area contributed by atoms with E-state index >= 15 is 0 Å². The van der Waals surface area contributed by atoms with Gasteiger partial charge in [-0.05, 0) is 69.6 Å². The molecule has 0 saturated heterocycles. The summed E-state index contributed by atoms with van der Waals surface area (Å²) in [7, 11) is 0. The molecular formula is C36H65N5O5. The number of nitrogens with one attached hydrogen (secondary N) is 2. The van der Waals surface area contributed by atoms with Gasteiger partial charge in [0.1, 0.15) is 0 Å². The number of amides is 4. The van der Waals surface area contributed by atoms with Gasteiger partial charge in [0, 0.05) is 50.4 Å². The van der Waals surface area contributed by atoms with Crippen LogP contribution in [0.15, 0.2) is 0 Å². The van der Waals surface area contributed by atoms with E-state index in [1.807, 2.05) is 30.7 Å². The van der Waals surface area contributed by atoms with E-state index < -0.39 is 35.8 Å². The molecule has 0 bridgehead atoms. The topological polar surface area (TPSA) is 145 Å². The predicted octanol–water partition coefficient (Wildman–Crippen LogP) is 4.68. The Hall–Kier alpha value is -2.20. The number of nitrogens with two attached hydrogens (primary N) is 1. The largest absolute Gasteiger partial charge is 0.390 e. The van der Waals surface area contributed by atoms with E-state index in [1.54, 1.807) is 0 Å². The lowest BCUT2D eigenvalue weighted by molar-refractivity contribution is -0.141. The van der Waals surface area contributed by atoms with Crippen LogP contribution < -0.4 is 16.5 Å². The molecule has 46 heavy (non-hydrogen) atoms. The van der Waals surface area contributed by atoms with Crippen molar-refractivity contribution in [3.8, 4) is 0 Å². The van der Waals surface area contributed by atoms with Gasteiger partial charge in [-0.25, -0.2) is 5.01 Å². The van der Waals surface area contributed by atoms with Crippen molar-refractivity contribution >= 4 is 23.6 Å². The number of carbonyl (C=O) groups is 4. The molecule has 5 unspecified atom stereocenters. The smallest absolute Gasteiger partial charge is 0.234 e. The minimum atomic E-state index is -0.884. The van der Waals surface area contributed by atoms with Crippen LogP contribution in [0.2, 0.25) is 0 Å². The van der Waals surface area contributed by atoms with Gasteiger partial charge in [-0.1, -0.05) is 72.1 Å². The minimum absolute atomic E-state index is 0.00369. The van der Waals surface area contributed by atoms with Gasteiger partial charge in [0.25, 0.3) is 0 Å². The monoisotopic (exact) mass is 647 g/mol. The van der Waals surface area contributed by atoms with Crippen LogP contribution in [0.4, 0.5) is 0 Å². The van der Waals surface area contributed by atoms with Crippen LogP contribution in [0.25, 0.3) is 0 Å². The number of hydrogen-bond acceptors (Lipinski definition) is 6. The summed E-state index contributed by atoms with van der Waals surface area (Å²) in [5.74, 6) is -1.35. The molecule has 0 aliphatic heterocycles. The van der Waals surface area contributed by atoms with Crippen molar-refractivity contribution < 1.29 is 24.3 Å². The summed E-state index contributed by atoms with van der Waals surface area (Å²) in [6, 6.07) is -0.495. The molecule has 10 heteroatoms. The zero-order valence-electron chi connectivity index (χ0n) is 29.1. The SMILES string of the molecule is CCCN(CC(O)C(CC1CCCCC1)NC(=O)C1CC(C(N)=O)CC(C(=O)N(CCC)CCC)C1)NC(=O)CC1CCCCC1. The van der Waals surface area contributed by atoms with Gasteiger partial charge in [0.05, 0.1) is 12.1 Å². The Morgan fingerprint density at radius 2 is 1.30 bits per heavy atom. The van der Waals surface area contributed by atoms with E-state index in [2.05, 4.69) is 10.7 Å². The zero-order chi connectivity index (χ0) is 33.5. The average molecular weight is 648 g/mol. The van der Waals surface area contributed by atoms with Gasteiger partial charge in [-0.3, -0.25) is 24.6 Å². The first-order valence-electron chi connectivity index (χ1n) is 18.8. The number of rotatable bonds is 18. The number of nitrogens with zero attached hydrogens (tertiary/aromatic N) is 2. The molecule has 10 nitrogen and oxygen atoms in total. The highest BCUT2D eigenvalue weighted by molar-refractivity contribution is 5.85. The Morgan fingerprint density at radius 3 is 1.87 bits per heavy atom. The zero-order valence-corrected chi connectivity index (χ0v) is 29.1. The quantitative estimate of drug-likeness (QED) is 0.159. The summed E-state index contributed by atoms with van der Waals surface area (Å²) in [5, 5.41) is 16.7. The highest BCUT2D eigenvalue weighted by atomic mass is 16.3. The molecule has 264 valence electrons. The number of primary amides is 1. The molecule has 0 radical (unpaired) electrons. The summed E-state index contributed by atoms with van der Waals surface area (Å²) >= 11 is 0. The van der Waals surface area contributed by atoms with Gasteiger partial charge in [-0.15, -0.1) is 0 Å². The van der Waals surface area contributed by atoms with Gasteiger partial charge in [0.15, 0.2) is 0 Å². The molecule has 0 aromatic carbocycles. The Labute approximate surface area is 278 Å². The Kier molecular flexibility index (Phi) is 16.8. The number of aliphatic hydroxyl groups excluding tert-OH is 1. The maximum absolute atomic E-state index is 13.9. The first-order valence-corrected chi connectivity index (χ1v) is 18.8. The van der Waals surface area contributed by atoms with Crippen LogP contribution >= 0.6 is 0 Å². The normalized spacial score (nSPS) is 24.2. The van der Waals surface area contributed by atoms with E-state index in [4.69, 9.17) is 5.73 Å². The van der Waals surface area contributed by atoms with E-state index in [0.717, 1.165) is 57.8 Å². The highest BCUT2D eigenvalue weighted by Crippen LogP contribution is 2.36. The summed E-state index contributed by atoms with van der Waals surface area (Å²) in [5.41, 5.74) is 8.83. The Bertz CT molecular complexity index is 945. The maximum Gasteiger partial charge on any atom is 0.234 e. The van der Waals surface area contributed by atoms with E-state index in [9.17, 15) is 24.3 Å². The third kappa shape index (κ3) is 12.4. The number of hydrazine groups is 1.